The second-order valence-corrected chi connectivity index (χ2v) is 6.42. The number of fused-ring (bicyclic) bond motifs is 1. The molecule has 2 nitrogen and oxygen atoms in total. The summed E-state index contributed by atoms with van der Waals surface area (Å²) in [7, 11) is 0. The van der Waals surface area contributed by atoms with Gasteiger partial charge < -0.3 is 5.11 Å². The van der Waals surface area contributed by atoms with Gasteiger partial charge in [-0.05, 0) is 32.2 Å². The molecule has 0 aliphatic carbocycles. The van der Waals surface area contributed by atoms with Gasteiger partial charge in [0.05, 0.1) is 5.60 Å². The highest BCUT2D eigenvalue weighted by Crippen LogP contribution is 2.38. The molecule has 0 aromatic carbocycles. The topological polar surface area (TPSA) is 23.5 Å². The third-order valence-corrected chi connectivity index (χ3v) is 5.03. The second kappa shape index (κ2) is 6.91. The third kappa shape index (κ3) is 3.48. The average Bonchev–Trinajstić information content (AvgIpc) is 2.73. The Morgan fingerprint density at radius 3 is 2.67 bits per heavy atom. The van der Waals surface area contributed by atoms with E-state index in [1.165, 1.54) is 64.3 Å². The molecular formula is C16H31NO. The molecule has 2 saturated heterocycles. The monoisotopic (exact) mass is 253 g/mol. The Balaban J connectivity index is 1.68. The van der Waals surface area contributed by atoms with Crippen molar-refractivity contribution in [1.82, 2.24) is 4.90 Å². The molecule has 18 heavy (non-hydrogen) atoms. The summed E-state index contributed by atoms with van der Waals surface area (Å²) in [4.78, 5) is 2.54. The summed E-state index contributed by atoms with van der Waals surface area (Å²) in [5.74, 6) is 0. The normalized spacial score (nSPS) is 32.7. The minimum absolute atomic E-state index is 0.342. The van der Waals surface area contributed by atoms with Crippen molar-refractivity contribution < 1.29 is 5.11 Å². The van der Waals surface area contributed by atoms with E-state index in [9.17, 15) is 5.11 Å². The van der Waals surface area contributed by atoms with Crippen molar-refractivity contribution in [2.75, 3.05) is 13.1 Å². The highest BCUT2D eigenvalue weighted by atomic mass is 16.3. The predicted molar refractivity (Wildman–Crippen MR) is 76.8 cm³/mol. The largest absolute Gasteiger partial charge is 0.388 e. The maximum absolute atomic E-state index is 10.8. The summed E-state index contributed by atoms with van der Waals surface area (Å²) in [6.45, 7) is 4.62. The van der Waals surface area contributed by atoms with E-state index >= 15 is 0 Å². The first-order valence-electron chi connectivity index (χ1n) is 8.23. The zero-order valence-electron chi connectivity index (χ0n) is 12.2. The van der Waals surface area contributed by atoms with Crippen LogP contribution in [-0.4, -0.2) is 34.7 Å². The average molecular weight is 253 g/mol. The van der Waals surface area contributed by atoms with Crippen LogP contribution in [-0.2, 0) is 0 Å². The Kier molecular flexibility index (Phi) is 5.50. The molecule has 106 valence electrons. The van der Waals surface area contributed by atoms with Crippen LogP contribution in [0, 0.1) is 0 Å². The molecule has 2 aliphatic rings. The summed E-state index contributed by atoms with van der Waals surface area (Å²) in [6, 6.07) is 0.488. The minimum atomic E-state index is -0.342. The number of piperidine rings is 1. The van der Waals surface area contributed by atoms with Crippen molar-refractivity contribution in [2.45, 2.75) is 89.2 Å². The number of aliphatic hydroxyl groups is 1. The van der Waals surface area contributed by atoms with Gasteiger partial charge in [-0.25, -0.2) is 0 Å². The van der Waals surface area contributed by atoms with Crippen LogP contribution in [0.4, 0.5) is 0 Å². The van der Waals surface area contributed by atoms with Crippen LogP contribution in [0.25, 0.3) is 0 Å². The van der Waals surface area contributed by atoms with Crippen molar-refractivity contribution in [2.24, 2.45) is 0 Å². The van der Waals surface area contributed by atoms with Gasteiger partial charge in [0.15, 0.2) is 0 Å². The van der Waals surface area contributed by atoms with Gasteiger partial charge >= 0.3 is 0 Å². The molecule has 0 bridgehead atoms. The summed E-state index contributed by atoms with van der Waals surface area (Å²) < 4.78 is 0. The highest BCUT2D eigenvalue weighted by Gasteiger charge is 2.45. The third-order valence-electron chi connectivity index (χ3n) is 5.03. The number of hydrogen-bond donors (Lipinski definition) is 1. The first-order chi connectivity index (χ1) is 8.76. The molecule has 0 radical (unpaired) electrons. The molecular weight excluding hydrogens is 222 g/mol. The first-order valence-corrected chi connectivity index (χ1v) is 8.23. The van der Waals surface area contributed by atoms with Crippen LogP contribution >= 0.6 is 0 Å². The zero-order valence-corrected chi connectivity index (χ0v) is 12.2. The summed E-state index contributed by atoms with van der Waals surface area (Å²) >= 11 is 0. The molecule has 0 spiro atoms. The van der Waals surface area contributed by atoms with Crippen molar-refractivity contribution >= 4 is 0 Å². The van der Waals surface area contributed by atoms with Crippen LogP contribution in [0.15, 0.2) is 0 Å². The van der Waals surface area contributed by atoms with Gasteiger partial charge in [-0.2, -0.15) is 0 Å². The molecule has 0 amide bonds. The van der Waals surface area contributed by atoms with Crippen LogP contribution in [0.2, 0.25) is 0 Å². The van der Waals surface area contributed by atoms with E-state index in [0.717, 1.165) is 19.4 Å². The Bertz CT molecular complexity index is 243. The van der Waals surface area contributed by atoms with Crippen molar-refractivity contribution in [3.63, 3.8) is 0 Å². The maximum Gasteiger partial charge on any atom is 0.0814 e. The van der Waals surface area contributed by atoms with E-state index in [0.29, 0.717) is 6.04 Å². The molecule has 0 aromatic heterocycles. The zero-order chi connectivity index (χ0) is 12.8. The lowest BCUT2D eigenvalue weighted by molar-refractivity contribution is -0.0178. The fraction of sp³-hybridized carbons (Fsp3) is 1.00. The SMILES string of the molecule is CCCCCCCCC1(O)CCN2CCCCC21. The lowest BCUT2D eigenvalue weighted by Gasteiger charge is -2.37. The van der Waals surface area contributed by atoms with Crippen LogP contribution in [0.1, 0.15) is 77.6 Å². The number of unbranched alkanes of at least 4 members (excludes halogenated alkanes) is 5. The van der Waals surface area contributed by atoms with Crippen molar-refractivity contribution in [3.8, 4) is 0 Å². The lowest BCUT2D eigenvalue weighted by Crippen LogP contribution is -2.46. The molecule has 2 atom stereocenters. The van der Waals surface area contributed by atoms with Crippen molar-refractivity contribution in [3.05, 3.63) is 0 Å². The van der Waals surface area contributed by atoms with Gasteiger partial charge in [0.2, 0.25) is 0 Å². The fourth-order valence-corrected chi connectivity index (χ4v) is 3.87. The quantitative estimate of drug-likeness (QED) is 0.699. The minimum Gasteiger partial charge on any atom is -0.388 e. The van der Waals surface area contributed by atoms with E-state index < -0.39 is 0 Å². The van der Waals surface area contributed by atoms with E-state index in [1.807, 2.05) is 0 Å². The standard InChI is InChI=1S/C16H31NO/c1-2-3-4-5-6-8-11-16(18)12-14-17-13-9-7-10-15(16)17/h15,18H,2-14H2,1H3. The van der Waals surface area contributed by atoms with Gasteiger partial charge in [0, 0.05) is 12.6 Å². The molecule has 2 unspecified atom stereocenters. The number of nitrogens with zero attached hydrogens (tertiary/aromatic N) is 1. The van der Waals surface area contributed by atoms with E-state index in [-0.39, 0.29) is 5.60 Å². The van der Waals surface area contributed by atoms with Gasteiger partial charge in [-0.3, -0.25) is 4.90 Å². The van der Waals surface area contributed by atoms with Gasteiger partial charge in [-0.1, -0.05) is 51.9 Å². The molecule has 2 heterocycles. The lowest BCUT2D eigenvalue weighted by atomic mass is 9.84. The summed E-state index contributed by atoms with van der Waals surface area (Å²) in [6.07, 6.45) is 13.9. The molecule has 0 saturated carbocycles. The summed E-state index contributed by atoms with van der Waals surface area (Å²) in [5.41, 5.74) is -0.342. The van der Waals surface area contributed by atoms with Crippen LogP contribution in [0.3, 0.4) is 0 Å². The summed E-state index contributed by atoms with van der Waals surface area (Å²) in [5, 5.41) is 10.8. The number of rotatable bonds is 7. The number of hydrogen-bond acceptors (Lipinski definition) is 2. The van der Waals surface area contributed by atoms with Crippen molar-refractivity contribution in [1.29, 1.82) is 0 Å². The van der Waals surface area contributed by atoms with Gasteiger partial charge in [0.25, 0.3) is 0 Å². The molecule has 2 aliphatic heterocycles. The fourth-order valence-electron chi connectivity index (χ4n) is 3.87. The molecule has 0 aromatic rings. The Morgan fingerprint density at radius 1 is 1.06 bits per heavy atom. The van der Waals surface area contributed by atoms with E-state index in [2.05, 4.69) is 11.8 Å². The Morgan fingerprint density at radius 2 is 1.83 bits per heavy atom. The molecule has 1 N–H and O–H groups in total. The first kappa shape index (κ1) is 14.3. The van der Waals surface area contributed by atoms with E-state index in [1.54, 1.807) is 0 Å². The Labute approximate surface area is 113 Å². The van der Waals surface area contributed by atoms with E-state index in [4.69, 9.17) is 0 Å². The van der Waals surface area contributed by atoms with Crippen LogP contribution < -0.4 is 0 Å². The molecule has 2 heteroatoms. The Hall–Kier alpha value is -0.0800. The van der Waals surface area contributed by atoms with Gasteiger partial charge in [-0.15, -0.1) is 0 Å². The molecule has 2 rings (SSSR count). The van der Waals surface area contributed by atoms with Crippen LogP contribution in [0.5, 0.6) is 0 Å². The smallest absolute Gasteiger partial charge is 0.0814 e. The predicted octanol–water partition coefficient (Wildman–Crippen LogP) is 3.73. The second-order valence-electron chi connectivity index (χ2n) is 6.42. The highest BCUT2D eigenvalue weighted by molar-refractivity contribution is 5.00. The van der Waals surface area contributed by atoms with Gasteiger partial charge in [0.1, 0.15) is 0 Å². The molecule has 2 fully saturated rings. The maximum atomic E-state index is 10.8.